The lowest BCUT2D eigenvalue weighted by atomic mass is 10.00. The second-order valence-electron chi connectivity index (χ2n) is 7.30. The summed E-state index contributed by atoms with van der Waals surface area (Å²) in [6.45, 7) is 3.97. The zero-order valence-corrected chi connectivity index (χ0v) is 17.5. The van der Waals surface area contributed by atoms with Crippen LogP contribution in [0.15, 0.2) is 72.8 Å². The molecule has 0 unspecified atom stereocenters. The van der Waals surface area contributed by atoms with Gasteiger partial charge in [0.2, 0.25) is 0 Å². The van der Waals surface area contributed by atoms with E-state index in [1.807, 2.05) is 56.3 Å². The molecule has 4 rings (SSSR count). The number of rotatable bonds is 4. The molecular formula is C26H21NO4. The van der Waals surface area contributed by atoms with Crippen LogP contribution in [0.4, 0.5) is 0 Å². The number of aromatic nitrogens is 1. The van der Waals surface area contributed by atoms with Crippen LogP contribution in [0.1, 0.15) is 31.8 Å². The number of benzene rings is 3. The van der Waals surface area contributed by atoms with Crippen LogP contribution >= 0.6 is 0 Å². The summed E-state index contributed by atoms with van der Waals surface area (Å²) in [5.41, 5.74) is 5.23. The highest BCUT2D eigenvalue weighted by atomic mass is 16.5. The third-order valence-corrected chi connectivity index (χ3v) is 5.02. The van der Waals surface area contributed by atoms with Crippen molar-refractivity contribution < 1.29 is 19.1 Å². The van der Waals surface area contributed by atoms with Crippen molar-refractivity contribution >= 4 is 22.8 Å². The first-order chi connectivity index (χ1) is 15.0. The molecule has 4 aromatic rings. The number of carbonyl (C=O) groups is 2. The van der Waals surface area contributed by atoms with Gasteiger partial charge in [0.1, 0.15) is 5.75 Å². The summed E-state index contributed by atoms with van der Waals surface area (Å²) in [7, 11) is 1.32. The molecule has 0 saturated carbocycles. The van der Waals surface area contributed by atoms with E-state index in [-0.39, 0.29) is 0 Å². The summed E-state index contributed by atoms with van der Waals surface area (Å²) < 4.78 is 10.3. The van der Waals surface area contributed by atoms with Crippen molar-refractivity contribution in [3.8, 4) is 17.0 Å². The zero-order valence-electron chi connectivity index (χ0n) is 17.5. The molecule has 1 aromatic heterocycles. The van der Waals surface area contributed by atoms with E-state index in [9.17, 15) is 9.59 Å². The van der Waals surface area contributed by atoms with E-state index in [0.29, 0.717) is 22.6 Å². The predicted octanol–water partition coefficient (Wildman–Crippen LogP) is 5.52. The molecule has 0 bridgehead atoms. The van der Waals surface area contributed by atoms with Crippen LogP contribution in [0.3, 0.4) is 0 Å². The van der Waals surface area contributed by atoms with Gasteiger partial charge >= 0.3 is 11.9 Å². The third kappa shape index (κ3) is 4.16. The van der Waals surface area contributed by atoms with Crippen molar-refractivity contribution in [1.29, 1.82) is 0 Å². The van der Waals surface area contributed by atoms with Crippen LogP contribution in [0.25, 0.3) is 22.2 Å². The second kappa shape index (κ2) is 8.40. The van der Waals surface area contributed by atoms with Gasteiger partial charge in [-0.2, -0.15) is 0 Å². The summed E-state index contributed by atoms with van der Waals surface area (Å²) in [6.07, 6.45) is 0. The monoisotopic (exact) mass is 411 g/mol. The van der Waals surface area contributed by atoms with E-state index in [4.69, 9.17) is 14.5 Å². The van der Waals surface area contributed by atoms with Crippen molar-refractivity contribution in [3.05, 3.63) is 95.1 Å². The Balaban J connectivity index is 1.78. The summed E-state index contributed by atoms with van der Waals surface area (Å²) in [5.74, 6) is -0.592. The Morgan fingerprint density at radius 3 is 2.23 bits per heavy atom. The molecule has 0 fully saturated rings. The number of nitrogens with zero attached hydrogens (tertiary/aromatic N) is 1. The average molecular weight is 411 g/mol. The van der Waals surface area contributed by atoms with Crippen molar-refractivity contribution in [1.82, 2.24) is 4.98 Å². The highest BCUT2D eigenvalue weighted by Gasteiger charge is 2.18. The third-order valence-electron chi connectivity index (χ3n) is 5.02. The molecule has 31 heavy (non-hydrogen) atoms. The van der Waals surface area contributed by atoms with Crippen molar-refractivity contribution in [2.24, 2.45) is 0 Å². The summed E-state index contributed by atoms with van der Waals surface area (Å²) in [4.78, 5) is 29.6. The number of fused-ring (bicyclic) bond motifs is 1. The van der Waals surface area contributed by atoms with E-state index < -0.39 is 11.9 Å². The fourth-order valence-corrected chi connectivity index (χ4v) is 3.55. The predicted molar refractivity (Wildman–Crippen MR) is 119 cm³/mol. The maximum Gasteiger partial charge on any atom is 0.344 e. The molecule has 0 aliphatic carbocycles. The molecule has 154 valence electrons. The standard InChI is InChI=1S/C26H21NO4/c1-16-13-17(2)24-21(14-16)22(15-23(27-24)18-7-5-4-6-8-18)26(29)31-20-11-9-19(10-12-20)25(28)30-3/h4-15H,1-3H3. The van der Waals surface area contributed by atoms with Gasteiger partial charge in [0.05, 0.1) is 29.4 Å². The number of aryl methyl sites for hydroxylation is 2. The molecule has 0 saturated heterocycles. The Morgan fingerprint density at radius 2 is 1.55 bits per heavy atom. The first-order valence-corrected chi connectivity index (χ1v) is 9.84. The summed E-state index contributed by atoms with van der Waals surface area (Å²) in [5, 5.41) is 0.744. The first-order valence-electron chi connectivity index (χ1n) is 9.84. The maximum atomic E-state index is 13.2. The van der Waals surface area contributed by atoms with Crippen LogP contribution in [0.2, 0.25) is 0 Å². The van der Waals surface area contributed by atoms with Crippen LogP contribution in [0.5, 0.6) is 5.75 Å². The number of hydrogen-bond donors (Lipinski definition) is 0. The van der Waals surface area contributed by atoms with Gasteiger partial charge in [-0.05, 0) is 55.8 Å². The SMILES string of the molecule is COC(=O)c1ccc(OC(=O)c2cc(-c3ccccc3)nc3c(C)cc(C)cc23)cc1. The molecule has 5 nitrogen and oxygen atoms in total. The minimum absolute atomic E-state index is 0.341. The number of esters is 2. The molecule has 1 heterocycles. The first kappa shape index (κ1) is 20.3. The van der Waals surface area contributed by atoms with E-state index in [1.165, 1.54) is 7.11 Å². The lowest BCUT2D eigenvalue weighted by Gasteiger charge is -2.12. The largest absolute Gasteiger partial charge is 0.465 e. The molecule has 3 aromatic carbocycles. The van der Waals surface area contributed by atoms with Crippen LogP contribution in [-0.4, -0.2) is 24.0 Å². The van der Waals surface area contributed by atoms with E-state index in [2.05, 4.69) is 0 Å². The quantitative estimate of drug-likeness (QED) is 0.327. The minimum atomic E-state index is -0.486. The second-order valence-corrected chi connectivity index (χ2v) is 7.30. The molecule has 5 heteroatoms. The average Bonchev–Trinajstić information content (AvgIpc) is 2.79. The number of ether oxygens (including phenoxy) is 2. The van der Waals surface area contributed by atoms with Gasteiger partial charge in [-0.25, -0.2) is 14.6 Å². The Labute approximate surface area is 180 Å². The van der Waals surface area contributed by atoms with Gasteiger partial charge in [-0.3, -0.25) is 0 Å². The fourth-order valence-electron chi connectivity index (χ4n) is 3.55. The summed E-state index contributed by atoms with van der Waals surface area (Å²) in [6, 6.07) is 21.7. The number of methoxy groups -OCH3 is 1. The van der Waals surface area contributed by atoms with Gasteiger partial charge in [0.25, 0.3) is 0 Å². The Morgan fingerprint density at radius 1 is 0.839 bits per heavy atom. The van der Waals surface area contributed by atoms with Gasteiger partial charge in [-0.15, -0.1) is 0 Å². The molecule has 0 N–H and O–H groups in total. The van der Waals surface area contributed by atoms with Gasteiger partial charge in [0.15, 0.2) is 0 Å². The Kier molecular flexibility index (Phi) is 5.50. The van der Waals surface area contributed by atoms with Crippen LogP contribution in [0, 0.1) is 13.8 Å². The van der Waals surface area contributed by atoms with Crippen molar-refractivity contribution in [2.45, 2.75) is 13.8 Å². The molecule has 0 spiro atoms. The molecule has 0 radical (unpaired) electrons. The molecule has 0 aliphatic rings. The Hall–Kier alpha value is -3.99. The molecule has 0 aliphatic heterocycles. The highest BCUT2D eigenvalue weighted by molar-refractivity contribution is 6.06. The van der Waals surface area contributed by atoms with Gasteiger partial charge in [-0.1, -0.05) is 42.0 Å². The van der Waals surface area contributed by atoms with E-state index in [0.717, 1.165) is 27.6 Å². The lowest BCUT2D eigenvalue weighted by Crippen LogP contribution is -2.11. The molecule has 0 amide bonds. The van der Waals surface area contributed by atoms with E-state index in [1.54, 1.807) is 30.3 Å². The molecule has 0 atom stereocenters. The van der Waals surface area contributed by atoms with Crippen LogP contribution < -0.4 is 4.74 Å². The maximum absolute atomic E-state index is 13.2. The zero-order chi connectivity index (χ0) is 22.0. The number of pyridine rings is 1. The lowest BCUT2D eigenvalue weighted by molar-refractivity contribution is 0.0600. The van der Waals surface area contributed by atoms with Gasteiger partial charge in [0, 0.05) is 10.9 Å². The smallest absolute Gasteiger partial charge is 0.344 e. The topological polar surface area (TPSA) is 65.5 Å². The number of carbonyl (C=O) groups excluding carboxylic acids is 2. The van der Waals surface area contributed by atoms with Crippen molar-refractivity contribution in [3.63, 3.8) is 0 Å². The summed E-state index contributed by atoms with van der Waals surface area (Å²) >= 11 is 0. The molecular weight excluding hydrogens is 390 g/mol. The minimum Gasteiger partial charge on any atom is -0.465 e. The van der Waals surface area contributed by atoms with Crippen LogP contribution in [-0.2, 0) is 4.74 Å². The van der Waals surface area contributed by atoms with E-state index >= 15 is 0 Å². The normalized spacial score (nSPS) is 10.7. The number of hydrogen-bond acceptors (Lipinski definition) is 5. The van der Waals surface area contributed by atoms with Crippen molar-refractivity contribution in [2.75, 3.05) is 7.11 Å². The van der Waals surface area contributed by atoms with Gasteiger partial charge < -0.3 is 9.47 Å². The Bertz CT molecular complexity index is 1280. The fraction of sp³-hybridized carbons (Fsp3) is 0.115. The highest BCUT2D eigenvalue weighted by Crippen LogP contribution is 2.29.